The number of carbonyl (C=O) groups excluding carboxylic acids is 1. The van der Waals surface area contributed by atoms with E-state index in [1.165, 1.54) is 19.3 Å². The summed E-state index contributed by atoms with van der Waals surface area (Å²) in [6, 6.07) is 4.99. The molecule has 90 valence electrons. The van der Waals surface area contributed by atoms with Crippen molar-refractivity contribution in [3.8, 4) is 6.07 Å². The largest absolute Gasteiger partial charge is 0.296 e. The van der Waals surface area contributed by atoms with Gasteiger partial charge in [0.1, 0.15) is 11.2 Å². The van der Waals surface area contributed by atoms with Crippen LogP contribution >= 0.6 is 0 Å². The van der Waals surface area contributed by atoms with Crippen molar-refractivity contribution in [3.05, 3.63) is 30.1 Å². The first-order chi connectivity index (χ1) is 7.88. The molecule has 0 spiro atoms. The molecule has 17 heavy (non-hydrogen) atoms. The van der Waals surface area contributed by atoms with E-state index in [9.17, 15) is 13.2 Å². The van der Waals surface area contributed by atoms with Crippen molar-refractivity contribution >= 4 is 15.6 Å². The second kappa shape index (κ2) is 5.06. The number of carbonyl (C=O) groups is 1. The highest BCUT2D eigenvalue weighted by Crippen LogP contribution is 2.18. The van der Waals surface area contributed by atoms with Gasteiger partial charge in [-0.3, -0.25) is 9.78 Å². The van der Waals surface area contributed by atoms with Crippen LogP contribution in [-0.2, 0) is 14.6 Å². The molecule has 0 saturated carbocycles. The normalized spacial score (nSPS) is 14.6. The van der Waals surface area contributed by atoms with E-state index in [-0.39, 0.29) is 0 Å². The number of aromatic nitrogens is 1. The summed E-state index contributed by atoms with van der Waals surface area (Å²) in [6.07, 6.45) is 3.89. The zero-order valence-corrected chi connectivity index (χ0v) is 10.3. The Morgan fingerprint density at radius 3 is 2.59 bits per heavy atom. The van der Waals surface area contributed by atoms with Crippen LogP contribution in [0.4, 0.5) is 0 Å². The molecule has 2 unspecified atom stereocenters. The minimum absolute atomic E-state index is 0.413. The molecule has 1 aromatic heterocycles. The molecular formula is C11H12N2O3S. The Morgan fingerprint density at radius 1 is 1.53 bits per heavy atom. The molecule has 1 rings (SSSR count). The van der Waals surface area contributed by atoms with Gasteiger partial charge in [-0.15, -0.1) is 0 Å². The van der Waals surface area contributed by atoms with E-state index >= 15 is 0 Å². The van der Waals surface area contributed by atoms with Gasteiger partial charge in [0.05, 0.1) is 6.07 Å². The molecule has 2 atom stereocenters. The average molecular weight is 252 g/mol. The van der Waals surface area contributed by atoms with Gasteiger partial charge in [0, 0.05) is 18.6 Å². The maximum Gasteiger partial charge on any atom is 0.172 e. The first kappa shape index (κ1) is 13.3. The SMILES string of the molecule is CC(C(=O)C(C#N)c1cccnc1)S(C)(=O)=O. The van der Waals surface area contributed by atoms with Gasteiger partial charge in [0.25, 0.3) is 0 Å². The number of sulfone groups is 1. The Hall–Kier alpha value is -1.74. The summed E-state index contributed by atoms with van der Waals surface area (Å²) >= 11 is 0. The molecule has 0 N–H and O–H groups in total. The van der Waals surface area contributed by atoms with Crippen LogP contribution in [0.25, 0.3) is 0 Å². The number of nitriles is 1. The van der Waals surface area contributed by atoms with Gasteiger partial charge in [-0.05, 0) is 18.6 Å². The van der Waals surface area contributed by atoms with E-state index < -0.39 is 26.8 Å². The van der Waals surface area contributed by atoms with Gasteiger partial charge in [-0.25, -0.2) is 8.42 Å². The van der Waals surface area contributed by atoms with E-state index in [2.05, 4.69) is 4.98 Å². The van der Waals surface area contributed by atoms with Crippen LogP contribution in [0, 0.1) is 11.3 Å². The molecule has 0 aliphatic heterocycles. The quantitative estimate of drug-likeness (QED) is 0.786. The number of hydrogen-bond donors (Lipinski definition) is 0. The summed E-state index contributed by atoms with van der Waals surface area (Å²) in [5.41, 5.74) is 0.413. The zero-order valence-electron chi connectivity index (χ0n) is 9.49. The van der Waals surface area contributed by atoms with E-state index in [0.717, 1.165) is 6.26 Å². The van der Waals surface area contributed by atoms with E-state index in [0.29, 0.717) is 5.56 Å². The number of hydrogen-bond acceptors (Lipinski definition) is 5. The van der Waals surface area contributed by atoms with Crippen molar-refractivity contribution in [2.45, 2.75) is 18.1 Å². The monoisotopic (exact) mass is 252 g/mol. The Labute approximate surface area is 100 Å². The molecular weight excluding hydrogens is 240 g/mol. The van der Waals surface area contributed by atoms with Gasteiger partial charge in [0.2, 0.25) is 0 Å². The molecule has 1 heterocycles. The fourth-order valence-corrected chi connectivity index (χ4v) is 1.85. The topological polar surface area (TPSA) is 87.9 Å². The lowest BCUT2D eigenvalue weighted by Crippen LogP contribution is -2.30. The maximum atomic E-state index is 11.9. The number of rotatable bonds is 4. The summed E-state index contributed by atoms with van der Waals surface area (Å²) < 4.78 is 22.6. The first-order valence-electron chi connectivity index (χ1n) is 4.90. The lowest BCUT2D eigenvalue weighted by molar-refractivity contribution is -0.118. The predicted molar refractivity (Wildman–Crippen MR) is 61.9 cm³/mol. The first-order valence-corrected chi connectivity index (χ1v) is 6.85. The Bertz CT molecular complexity index is 546. The number of pyridine rings is 1. The molecule has 5 nitrogen and oxygen atoms in total. The second-order valence-corrected chi connectivity index (χ2v) is 6.09. The Kier molecular flexibility index (Phi) is 3.97. The summed E-state index contributed by atoms with van der Waals surface area (Å²) in [5.74, 6) is -1.71. The fourth-order valence-electron chi connectivity index (χ4n) is 1.29. The summed E-state index contributed by atoms with van der Waals surface area (Å²) in [4.78, 5) is 15.7. The lowest BCUT2D eigenvalue weighted by Gasteiger charge is -2.12. The molecule has 0 bridgehead atoms. The van der Waals surface area contributed by atoms with Gasteiger partial charge < -0.3 is 0 Å². The van der Waals surface area contributed by atoms with Gasteiger partial charge >= 0.3 is 0 Å². The number of Topliss-reactive ketones (excluding diaryl/α,β-unsaturated/α-hetero) is 1. The molecule has 0 aliphatic carbocycles. The number of ketones is 1. The second-order valence-electron chi connectivity index (χ2n) is 3.72. The number of nitrogens with zero attached hydrogens (tertiary/aromatic N) is 2. The van der Waals surface area contributed by atoms with Crippen molar-refractivity contribution in [2.24, 2.45) is 0 Å². The average Bonchev–Trinajstić information content (AvgIpc) is 2.29. The maximum absolute atomic E-state index is 11.9. The van der Waals surface area contributed by atoms with Crippen molar-refractivity contribution in [3.63, 3.8) is 0 Å². The third kappa shape index (κ3) is 3.11. The zero-order chi connectivity index (χ0) is 13.1. The summed E-state index contributed by atoms with van der Waals surface area (Å²) in [6.45, 7) is 1.29. The molecule has 0 aliphatic rings. The summed E-state index contributed by atoms with van der Waals surface area (Å²) in [5, 5.41) is 7.78. The fraction of sp³-hybridized carbons (Fsp3) is 0.364. The molecule has 0 radical (unpaired) electrons. The van der Waals surface area contributed by atoms with Crippen molar-refractivity contribution in [1.29, 1.82) is 5.26 Å². The van der Waals surface area contributed by atoms with Crippen LogP contribution in [0.5, 0.6) is 0 Å². The molecule has 0 aromatic carbocycles. The molecule has 0 amide bonds. The Balaban J connectivity index is 3.07. The highest BCUT2D eigenvalue weighted by molar-refractivity contribution is 7.92. The van der Waals surface area contributed by atoms with Crippen molar-refractivity contribution in [1.82, 2.24) is 4.98 Å². The summed E-state index contributed by atoms with van der Waals surface area (Å²) in [7, 11) is -3.49. The van der Waals surface area contributed by atoms with Gasteiger partial charge in [-0.1, -0.05) is 6.07 Å². The van der Waals surface area contributed by atoms with Crippen molar-refractivity contribution < 1.29 is 13.2 Å². The van der Waals surface area contributed by atoms with Crippen LogP contribution in [0.1, 0.15) is 18.4 Å². The molecule has 6 heteroatoms. The highest BCUT2D eigenvalue weighted by atomic mass is 32.2. The minimum atomic E-state index is -3.49. The predicted octanol–water partition coefficient (Wildman–Crippen LogP) is 0.691. The minimum Gasteiger partial charge on any atom is -0.296 e. The molecule has 0 fully saturated rings. The van der Waals surface area contributed by atoms with Crippen LogP contribution in [-0.4, -0.2) is 30.7 Å². The highest BCUT2D eigenvalue weighted by Gasteiger charge is 2.31. The molecule has 0 saturated heterocycles. The smallest absolute Gasteiger partial charge is 0.172 e. The standard InChI is InChI=1S/C11H12N2O3S/c1-8(17(2,15)16)11(14)10(6-12)9-4-3-5-13-7-9/h3-5,7-8,10H,1-2H3. The van der Waals surface area contributed by atoms with E-state index in [1.807, 2.05) is 6.07 Å². The van der Waals surface area contributed by atoms with Gasteiger partial charge in [0.15, 0.2) is 15.6 Å². The van der Waals surface area contributed by atoms with Gasteiger partial charge in [-0.2, -0.15) is 5.26 Å². The third-order valence-corrected chi connectivity index (χ3v) is 3.99. The van der Waals surface area contributed by atoms with E-state index in [1.54, 1.807) is 12.1 Å². The van der Waals surface area contributed by atoms with Crippen LogP contribution < -0.4 is 0 Å². The Morgan fingerprint density at radius 2 is 2.18 bits per heavy atom. The van der Waals surface area contributed by atoms with Crippen molar-refractivity contribution in [2.75, 3.05) is 6.26 Å². The third-order valence-electron chi connectivity index (χ3n) is 2.47. The lowest BCUT2D eigenvalue weighted by atomic mass is 9.96. The van der Waals surface area contributed by atoms with Crippen LogP contribution in [0.2, 0.25) is 0 Å². The van der Waals surface area contributed by atoms with E-state index in [4.69, 9.17) is 5.26 Å². The molecule has 1 aromatic rings. The van der Waals surface area contributed by atoms with Crippen LogP contribution in [0.3, 0.4) is 0 Å². The van der Waals surface area contributed by atoms with Crippen LogP contribution in [0.15, 0.2) is 24.5 Å².